The molecular formula is C12H22N4O. The molecule has 0 saturated carbocycles. The molecular weight excluding hydrogens is 216 g/mol. The molecule has 5 nitrogen and oxygen atoms in total. The SMILES string of the molecule is CCCn1cc(C(NN)C2(C)CCCO2)cn1. The van der Waals surface area contributed by atoms with Gasteiger partial charge in [-0.3, -0.25) is 10.5 Å². The van der Waals surface area contributed by atoms with Gasteiger partial charge < -0.3 is 4.74 Å². The Labute approximate surface area is 102 Å². The van der Waals surface area contributed by atoms with E-state index in [1.54, 1.807) is 0 Å². The first-order chi connectivity index (χ1) is 8.19. The van der Waals surface area contributed by atoms with Crippen LogP contribution in [0.2, 0.25) is 0 Å². The second-order valence-corrected chi connectivity index (χ2v) is 4.90. The number of ether oxygens (including phenoxy) is 1. The number of hydrogen-bond donors (Lipinski definition) is 2. The number of hydrogen-bond acceptors (Lipinski definition) is 4. The van der Waals surface area contributed by atoms with Crippen molar-refractivity contribution in [3.8, 4) is 0 Å². The maximum Gasteiger partial charge on any atom is 0.0863 e. The molecule has 3 N–H and O–H groups in total. The zero-order valence-electron chi connectivity index (χ0n) is 10.6. The summed E-state index contributed by atoms with van der Waals surface area (Å²) in [5.74, 6) is 5.69. The molecule has 0 amide bonds. The number of nitrogens with two attached hydrogens (primary N) is 1. The molecule has 0 radical (unpaired) electrons. The average molecular weight is 238 g/mol. The van der Waals surface area contributed by atoms with Gasteiger partial charge in [-0.05, 0) is 26.2 Å². The van der Waals surface area contributed by atoms with Crippen molar-refractivity contribution >= 4 is 0 Å². The van der Waals surface area contributed by atoms with Crippen LogP contribution in [-0.2, 0) is 11.3 Å². The predicted molar refractivity (Wildman–Crippen MR) is 66.2 cm³/mol. The zero-order valence-corrected chi connectivity index (χ0v) is 10.6. The maximum absolute atomic E-state index is 5.84. The van der Waals surface area contributed by atoms with E-state index < -0.39 is 0 Å². The molecule has 0 spiro atoms. The molecule has 1 saturated heterocycles. The van der Waals surface area contributed by atoms with Gasteiger partial charge in [-0.1, -0.05) is 6.92 Å². The summed E-state index contributed by atoms with van der Waals surface area (Å²) in [6.45, 7) is 6.01. The molecule has 2 rings (SSSR count). The number of nitrogens with one attached hydrogen (secondary N) is 1. The fourth-order valence-corrected chi connectivity index (χ4v) is 2.53. The standard InChI is InChI=1S/C12H22N4O/c1-3-6-16-9-10(8-14-16)11(15-13)12(2)5-4-7-17-12/h8-9,11,15H,3-7,13H2,1-2H3. The van der Waals surface area contributed by atoms with Gasteiger partial charge in [0.05, 0.1) is 17.8 Å². The second-order valence-electron chi connectivity index (χ2n) is 4.90. The van der Waals surface area contributed by atoms with Crippen molar-refractivity contribution in [1.82, 2.24) is 15.2 Å². The number of rotatable bonds is 5. The predicted octanol–water partition coefficient (Wildman–Crippen LogP) is 1.37. The number of aromatic nitrogens is 2. The van der Waals surface area contributed by atoms with Crippen LogP contribution in [0.4, 0.5) is 0 Å². The molecule has 17 heavy (non-hydrogen) atoms. The third-order valence-electron chi connectivity index (χ3n) is 3.47. The average Bonchev–Trinajstić information content (AvgIpc) is 2.91. The van der Waals surface area contributed by atoms with Crippen LogP contribution in [0.1, 0.15) is 44.7 Å². The van der Waals surface area contributed by atoms with Gasteiger partial charge in [0.2, 0.25) is 0 Å². The summed E-state index contributed by atoms with van der Waals surface area (Å²) in [6.07, 6.45) is 7.14. The molecule has 5 heteroatoms. The first-order valence-electron chi connectivity index (χ1n) is 6.32. The fourth-order valence-electron chi connectivity index (χ4n) is 2.53. The van der Waals surface area contributed by atoms with E-state index in [4.69, 9.17) is 10.6 Å². The highest BCUT2D eigenvalue weighted by Gasteiger charge is 2.39. The van der Waals surface area contributed by atoms with Crippen molar-refractivity contribution in [3.63, 3.8) is 0 Å². The molecule has 2 heterocycles. The maximum atomic E-state index is 5.84. The van der Waals surface area contributed by atoms with Crippen LogP contribution in [0.5, 0.6) is 0 Å². The summed E-state index contributed by atoms with van der Waals surface area (Å²) < 4.78 is 7.79. The van der Waals surface area contributed by atoms with Crippen molar-refractivity contribution in [2.45, 2.75) is 51.3 Å². The highest BCUT2D eigenvalue weighted by molar-refractivity contribution is 5.16. The van der Waals surface area contributed by atoms with Crippen molar-refractivity contribution < 1.29 is 4.74 Å². The van der Waals surface area contributed by atoms with Crippen LogP contribution < -0.4 is 11.3 Å². The van der Waals surface area contributed by atoms with Crippen molar-refractivity contribution in [2.24, 2.45) is 5.84 Å². The first-order valence-corrected chi connectivity index (χ1v) is 6.32. The largest absolute Gasteiger partial charge is 0.373 e. The molecule has 1 aliphatic rings. The monoisotopic (exact) mass is 238 g/mol. The molecule has 1 aromatic rings. The van der Waals surface area contributed by atoms with Crippen LogP contribution in [-0.4, -0.2) is 22.0 Å². The summed E-state index contributed by atoms with van der Waals surface area (Å²) in [5, 5.41) is 4.34. The topological polar surface area (TPSA) is 65.1 Å². The third-order valence-corrected chi connectivity index (χ3v) is 3.47. The fraction of sp³-hybridized carbons (Fsp3) is 0.750. The molecule has 0 aromatic carbocycles. The van der Waals surface area contributed by atoms with E-state index in [2.05, 4.69) is 30.6 Å². The Hall–Kier alpha value is -0.910. The zero-order chi connectivity index (χ0) is 12.3. The summed E-state index contributed by atoms with van der Waals surface area (Å²) in [7, 11) is 0. The van der Waals surface area contributed by atoms with Gasteiger partial charge >= 0.3 is 0 Å². The van der Waals surface area contributed by atoms with Crippen LogP contribution in [0.25, 0.3) is 0 Å². The van der Waals surface area contributed by atoms with E-state index in [1.807, 2.05) is 10.9 Å². The Kier molecular flexibility index (Phi) is 3.81. The quantitative estimate of drug-likeness (QED) is 0.600. The number of aryl methyl sites for hydroxylation is 1. The summed E-state index contributed by atoms with van der Waals surface area (Å²) in [6, 6.07) is 0.00982. The molecule has 1 aliphatic heterocycles. The molecule has 0 aliphatic carbocycles. The molecule has 96 valence electrons. The third kappa shape index (κ3) is 2.51. The Bertz CT molecular complexity index is 357. The van der Waals surface area contributed by atoms with Crippen molar-refractivity contribution in [2.75, 3.05) is 6.61 Å². The molecule has 1 fully saturated rings. The number of hydrazine groups is 1. The highest BCUT2D eigenvalue weighted by atomic mass is 16.5. The van der Waals surface area contributed by atoms with Crippen molar-refractivity contribution in [3.05, 3.63) is 18.0 Å². The Morgan fingerprint density at radius 3 is 3.12 bits per heavy atom. The lowest BCUT2D eigenvalue weighted by atomic mass is 9.90. The Balaban J connectivity index is 2.16. The van der Waals surface area contributed by atoms with Crippen LogP contribution in [0.3, 0.4) is 0 Å². The first kappa shape index (κ1) is 12.5. The lowest BCUT2D eigenvalue weighted by molar-refractivity contribution is -0.0125. The normalized spacial score (nSPS) is 26.3. The summed E-state index contributed by atoms with van der Waals surface area (Å²) >= 11 is 0. The van der Waals surface area contributed by atoms with E-state index in [0.29, 0.717) is 0 Å². The van der Waals surface area contributed by atoms with Crippen LogP contribution >= 0.6 is 0 Å². The minimum absolute atomic E-state index is 0.00982. The van der Waals surface area contributed by atoms with E-state index in [1.165, 1.54) is 0 Å². The molecule has 0 bridgehead atoms. The van der Waals surface area contributed by atoms with E-state index in [0.717, 1.165) is 38.0 Å². The van der Waals surface area contributed by atoms with E-state index in [9.17, 15) is 0 Å². The molecule has 2 atom stereocenters. The second kappa shape index (κ2) is 5.16. The van der Waals surface area contributed by atoms with Crippen LogP contribution in [0, 0.1) is 0 Å². The van der Waals surface area contributed by atoms with Crippen molar-refractivity contribution in [1.29, 1.82) is 0 Å². The number of nitrogens with zero attached hydrogens (tertiary/aromatic N) is 2. The minimum atomic E-state index is -0.213. The van der Waals surface area contributed by atoms with E-state index in [-0.39, 0.29) is 11.6 Å². The highest BCUT2D eigenvalue weighted by Crippen LogP contribution is 2.36. The van der Waals surface area contributed by atoms with Gasteiger partial charge in [-0.25, -0.2) is 5.43 Å². The van der Waals surface area contributed by atoms with Gasteiger partial charge in [0.1, 0.15) is 0 Å². The Morgan fingerprint density at radius 2 is 2.53 bits per heavy atom. The van der Waals surface area contributed by atoms with E-state index >= 15 is 0 Å². The summed E-state index contributed by atoms with van der Waals surface area (Å²) in [5.41, 5.74) is 3.77. The Morgan fingerprint density at radius 1 is 1.71 bits per heavy atom. The van der Waals surface area contributed by atoms with Gasteiger partial charge in [0.15, 0.2) is 0 Å². The lowest BCUT2D eigenvalue weighted by Gasteiger charge is -2.32. The molecule has 1 aromatic heterocycles. The molecule has 2 unspecified atom stereocenters. The van der Waals surface area contributed by atoms with Gasteiger partial charge in [0.25, 0.3) is 0 Å². The van der Waals surface area contributed by atoms with Gasteiger partial charge in [-0.2, -0.15) is 5.10 Å². The summed E-state index contributed by atoms with van der Waals surface area (Å²) in [4.78, 5) is 0. The van der Waals surface area contributed by atoms with Crippen LogP contribution in [0.15, 0.2) is 12.4 Å². The lowest BCUT2D eigenvalue weighted by Crippen LogP contribution is -2.44. The minimum Gasteiger partial charge on any atom is -0.373 e. The smallest absolute Gasteiger partial charge is 0.0863 e. The van der Waals surface area contributed by atoms with Gasteiger partial charge in [0, 0.05) is 24.9 Å². The van der Waals surface area contributed by atoms with Gasteiger partial charge in [-0.15, -0.1) is 0 Å².